The van der Waals surface area contributed by atoms with Gasteiger partial charge in [-0.15, -0.1) is 0 Å². The Morgan fingerprint density at radius 2 is 1.73 bits per heavy atom. The summed E-state index contributed by atoms with van der Waals surface area (Å²) in [6.07, 6.45) is 1.10. The van der Waals surface area contributed by atoms with Crippen molar-refractivity contribution in [3.63, 3.8) is 0 Å². The summed E-state index contributed by atoms with van der Waals surface area (Å²) in [5.41, 5.74) is 2.37. The number of amides is 1. The predicted octanol–water partition coefficient (Wildman–Crippen LogP) is 4.84. The zero-order valence-electron chi connectivity index (χ0n) is 18.5. The van der Waals surface area contributed by atoms with Gasteiger partial charge in [0.1, 0.15) is 11.6 Å². The molecule has 1 saturated heterocycles. The van der Waals surface area contributed by atoms with E-state index in [1.165, 1.54) is 17.7 Å². The topological polar surface area (TPSA) is 32.8 Å². The lowest BCUT2D eigenvalue weighted by molar-refractivity contribution is -0.139. The molecule has 0 spiro atoms. The maximum Gasteiger partial charge on any atom is 0.260 e. The average molecular weight is 413 g/mol. The number of rotatable bonds is 7. The van der Waals surface area contributed by atoms with Crippen LogP contribution in [-0.2, 0) is 11.3 Å². The Labute approximate surface area is 179 Å². The van der Waals surface area contributed by atoms with Crippen molar-refractivity contribution in [2.24, 2.45) is 0 Å². The fraction of sp³-hybridized carbons (Fsp3) is 0.480. The first-order valence-corrected chi connectivity index (χ1v) is 10.9. The summed E-state index contributed by atoms with van der Waals surface area (Å²) < 4.78 is 18.9. The van der Waals surface area contributed by atoms with Crippen LogP contribution in [0.3, 0.4) is 0 Å². The number of carbonyl (C=O) groups is 1. The molecule has 5 heteroatoms. The molecule has 30 heavy (non-hydrogen) atoms. The molecule has 2 aromatic rings. The number of halogens is 1. The molecule has 1 fully saturated rings. The first-order chi connectivity index (χ1) is 14.4. The van der Waals surface area contributed by atoms with E-state index in [0.717, 1.165) is 30.8 Å². The molecule has 0 saturated carbocycles. The minimum atomic E-state index is -0.218. The van der Waals surface area contributed by atoms with Crippen molar-refractivity contribution in [2.45, 2.75) is 58.7 Å². The summed E-state index contributed by atoms with van der Waals surface area (Å²) >= 11 is 0. The van der Waals surface area contributed by atoms with Crippen molar-refractivity contribution in [3.05, 3.63) is 65.5 Å². The molecule has 1 aliphatic rings. The van der Waals surface area contributed by atoms with Gasteiger partial charge in [0.15, 0.2) is 6.61 Å². The summed E-state index contributed by atoms with van der Waals surface area (Å²) in [6.45, 7) is 10.8. The molecule has 3 atom stereocenters. The quantitative estimate of drug-likeness (QED) is 0.652. The number of benzene rings is 2. The highest BCUT2D eigenvalue weighted by Gasteiger charge is 2.32. The lowest BCUT2D eigenvalue weighted by atomic mass is 9.99. The van der Waals surface area contributed by atoms with Crippen LogP contribution in [0.15, 0.2) is 48.5 Å². The van der Waals surface area contributed by atoms with Gasteiger partial charge >= 0.3 is 0 Å². The largest absolute Gasteiger partial charge is 0.484 e. The van der Waals surface area contributed by atoms with Gasteiger partial charge in [-0.2, -0.15) is 0 Å². The van der Waals surface area contributed by atoms with Gasteiger partial charge in [-0.05, 0) is 61.6 Å². The minimum Gasteiger partial charge on any atom is -0.484 e. The molecule has 0 bridgehead atoms. The van der Waals surface area contributed by atoms with Crippen LogP contribution in [0.25, 0.3) is 0 Å². The van der Waals surface area contributed by atoms with Gasteiger partial charge in [0.2, 0.25) is 0 Å². The first-order valence-electron chi connectivity index (χ1n) is 10.9. The van der Waals surface area contributed by atoms with E-state index >= 15 is 0 Å². The highest BCUT2D eigenvalue weighted by molar-refractivity contribution is 5.78. The lowest BCUT2D eigenvalue weighted by Crippen LogP contribution is -2.58. The SMILES string of the molecule is CCC(C)c1ccc(OCC(=O)N2C[C@H](C)N(Cc3ccc(F)cc3)C[C@H]2C)cc1. The van der Waals surface area contributed by atoms with Crippen molar-refractivity contribution >= 4 is 5.91 Å². The standard InChI is InChI=1S/C25H33FN2O2/c1-5-18(2)22-8-12-24(13-9-22)30-17-25(29)28-15-19(3)27(14-20(28)4)16-21-6-10-23(26)11-7-21/h6-13,18-20H,5,14-17H2,1-4H3/t18?,19-,20+/m0/s1. The van der Waals surface area contributed by atoms with E-state index in [9.17, 15) is 9.18 Å². The summed E-state index contributed by atoms with van der Waals surface area (Å²) in [5, 5.41) is 0. The summed E-state index contributed by atoms with van der Waals surface area (Å²) in [4.78, 5) is 17.1. The molecule has 2 aromatic carbocycles. The van der Waals surface area contributed by atoms with Gasteiger partial charge in [0, 0.05) is 31.7 Å². The number of ether oxygens (including phenoxy) is 1. The smallest absolute Gasteiger partial charge is 0.260 e. The molecular weight excluding hydrogens is 379 g/mol. The number of hydrogen-bond acceptors (Lipinski definition) is 3. The molecule has 162 valence electrons. The molecular formula is C25H33FN2O2. The third-order valence-corrected chi connectivity index (χ3v) is 6.16. The van der Waals surface area contributed by atoms with Gasteiger partial charge in [-0.25, -0.2) is 4.39 Å². The van der Waals surface area contributed by atoms with E-state index in [2.05, 4.69) is 44.7 Å². The van der Waals surface area contributed by atoms with Crippen molar-refractivity contribution in [3.8, 4) is 5.75 Å². The van der Waals surface area contributed by atoms with Crippen molar-refractivity contribution in [1.29, 1.82) is 0 Å². The normalized spacial score (nSPS) is 20.8. The van der Waals surface area contributed by atoms with E-state index in [4.69, 9.17) is 4.74 Å². The van der Waals surface area contributed by atoms with Crippen LogP contribution in [0.2, 0.25) is 0 Å². The Kier molecular flexibility index (Phi) is 7.48. The fourth-order valence-electron chi connectivity index (χ4n) is 3.95. The van der Waals surface area contributed by atoms with Gasteiger partial charge in [0.25, 0.3) is 5.91 Å². The van der Waals surface area contributed by atoms with E-state index in [1.54, 1.807) is 0 Å². The summed E-state index contributed by atoms with van der Waals surface area (Å²) in [6, 6.07) is 15.0. The molecule has 3 rings (SSSR count). The van der Waals surface area contributed by atoms with Crippen LogP contribution in [0.4, 0.5) is 4.39 Å². The Balaban J connectivity index is 1.52. The second kappa shape index (κ2) is 10.1. The van der Waals surface area contributed by atoms with Gasteiger partial charge in [-0.3, -0.25) is 9.69 Å². The molecule has 1 unspecified atom stereocenters. The Hall–Kier alpha value is -2.40. The van der Waals surface area contributed by atoms with Gasteiger partial charge in [0.05, 0.1) is 0 Å². The van der Waals surface area contributed by atoms with Crippen LogP contribution in [-0.4, -0.2) is 47.5 Å². The third kappa shape index (κ3) is 5.60. The van der Waals surface area contributed by atoms with Crippen LogP contribution in [0, 0.1) is 5.82 Å². The maximum atomic E-state index is 13.1. The zero-order valence-corrected chi connectivity index (χ0v) is 18.5. The molecule has 0 aromatic heterocycles. The van der Waals surface area contributed by atoms with Crippen molar-refractivity contribution in [1.82, 2.24) is 9.80 Å². The molecule has 0 aliphatic carbocycles. The molecule has 0 radical (unpaired) electrons. The number of nitrogens with zero attached hydrogens (tertiary/aromatic N) is 2. The highest BCUT2D eigenvalue weighted by Crippen LogP contribution is 2.22. The third-order valence-electron chi connectivity index (χ3n) is 6.16. The second-order valence-electron chi connectivity index (χ2n) is 8.47. The Morgan fingerprint density at radius 3 is 2.37 bits per heavy atom. The van der Waals surface area contributed by atoms with E-state index in [0.29, 0.717) is 12.5 Å². The zero-order chi connectivity index (χ0) is 21.7. The number of hydrogen-bond donors (Lipinski definition) is 0. The Bertz CT molecular complexity index is 822. The molecule has 1 amide bonds. The monoisotopic (exact) mass is 412 g/mol. The maximum absolute atomic E-state index is 13.1. The highest BCUT2D eigenvalue weighted by atomic mass is 19.1. The van der Waals surface area contributed by atoms with Gasteiger partial charge < -0.3 is 9.64 Å². The Morgan fingerprint density at radius 1 is 1.07 bits per heavy atom. The van der Waals surface area contributed by atoms with Crippen LogP contribution in [0.1, 0.15) is 51.2 Å². The van der Waals surface area contributed by atoms with Gasteiger partial charge in [-0.1, -0.05) is 38.1 Å². The van der Waals surface area contributed by atoms with Crippen molar-refractivity contribution < 1.29 is 13.9 Å². The first kappa shape index (κ1) is 22.3. The van der Waals surface area contributed by atoms with E-state index in [-0.39, 0.29) is 30.4 Å². The number of carbonyl (C=O) groups excluding carboxylic acids is 1. The minimum absolute atomic E-state index is 0.0155. The number of piperazine rings is 1. The molecule has 1 heterocycles. The molecule has 4 nitrogen and oxygen atoms in total. The van der Waals surface area contributed by atoms with Crippen LogP contribution < -0.4 is 4.74 Å². The summed E-state index contributed by atoms with van der Waals surface area (Å²) in [7, 11) is 0. The van der Waals surface area contributed by atoms with Crippen LogP contribution >= 0.6 is 0 Å². The second-order valence-corrected chi connectivity index (χ2v) is 8.47. The molecule has 0 N–H and O–H groups in total. The van der Waals surface area contributed by atoms with Crippen LogP contribution in [0.5, 0.6) is 5.75 Å². The fourth-order valence-corrected chi connectivity index (χ4v) is 3.95. The summed E-state index contributed by atoms with van der Waals surface area (Å²) in [5.74, 6) is 1.05. The average Bonchev–Trinajstić information content (AvgIpc) is 2.75. The van der Waals surface area contributed by atoms with E-state index in [1.807, 2.05) is 29.2 Å². The molecule has 1 aliphatic heterocycles. The predicted molar refractivity (Wildman–Crippen MR) is 118 cm³/mol. The van der Waals surface area contributed by atoms with E-state index < -0.39 is 0 Å². The van der Waals surface area contributed by atoms with Crippen molar-refractivity contribution in [2.75, 3.05) is 19.7 Å². The lowest BCUT2D eigenvalue weighted by Gasteiger charge is -2.44.